The number of carbonyl (C=O) groups is 1. The number of aromatic carboxylic acids is 1. The molecule has 2 rings (SSSR count). The van der Waals surface area contributed by atoms with Crippen molar-refractivity contribution in [3.63, 3.8) is 0 Å². The molecule has 1 aliphatic heterocycles. The second-order valence-electron chi connectivity index (χ2n) is 4.56. The first-order valence-electron chi connectivity index (χ1n) is 6.38. The van der Waals surface area contributed by atoms with Crippen LogP contribution in [0.2, 0.25) is 0 Å². The number of ether oxygens (including phenoxy) is 1. The van der Waals surface area contributed by atoms with Crippen molar-refractivity contribution in [1.29, 1.82) is 0 Å². The third kappa shape index (κ3) is 3.82. The van der Waals surface area contributed by atoms with E-state index in [0.29, 0.717) is 5.56 Å². The van der Waals surface area contributed by atoms with Crippen molar-refractivity contribution in [2.75, 3.05) is 32.8 Å². The Hall–Kier alpha value is -1.39. The van der Waals surface area contributed by atoms with Crippen LogP contribution < -0.4 is 0 Å². The Balaban J connectivity index is 1.74. The summed E-state index contributed by atoms with van der Waals surface area (Å²) < 4.78 is 5.30. The van der Waals surface area contributed by atoms with Crippen LogP contribution in [-0.4, -0.2) is 48.8 Å². The third-order valence-corrected chi connectivity index (χ3v) is 3.24. The number of nitrogens with zero attached hydrogens (tertiary/aromatic N) is 1. The second kappa shape index (κ2) is 6.52. The van der Waals surface area contributed by atoms with Crippen LogP contribution in [0.15, 0.2) is 24.3 Å². The summed E-state index contributed by atoms with van der Waals surface area (Å²) in [4.78, 5) is 13.1. The van der Waals surface area contributed by atoms with Crippen LogP contribution >= 0.6 is 0 Å². The Morgan fingerprint density at radius 2 is 1.89 bits per heavy atom. The van der Waals surface area contributed by atoms with Crippen molar-refractivity contribution in [3.05, 3.63) is 35.4 Å². The van der Waals surface area contributed by atoms with E-state index in [4.69, 9.17) is 9.84 Å². The summed E-state index contributed by atoms with van der Waals surface area (Å²) in [5.74, 6) is -0.866. The summed E-state index contributed by atoms with van der Waals surface area (Å²) in [7, 11) is 0. The van der Waals surface area contributed by atoms with Crippen LogP contribution in [-0.2, 0) is 11.2 Å². The maximum absolute atomic E-state index is 10.7. The lowest BCUT2D eigenvalue weighted by atomic mass is 10.1. The zero-order valence-electron chi connectivity index (χ0n) is 10.5. The molecule has 0 radical (unpaired) electrons. The number of carboxylic acids is 1. The zero-order valence-corrected chi connectivity index (χ0v) is 10.5. The molecule has 0 amide bonds. The van der Waals surface area contributed by atoms with E-state index < -0.39 is 5.97 Å². The molecule has 0 unspecified atom stereocenters. The molecule has 0 aliphatic carbocycles. The lowest BCUT2D eigenvalue weighted by Gasteiger charge is -2.26. The number of hydrogen-bond acceptors (Lipinski definition) is 3. The minimum atomic E-state index is -0.866. The Morgan fingerprint density at radius 1 is 1.22 bits per heavy atom. The number of hydrogen-bond donors (Lipinski definition) is 1. The fourth-order valence-electron chi connectivity index (χ4n) is 2.15. The van der Waals surface area contributed by atoms with Crippen molar-refractivity contribution >= 4 is 5.97 Å². The molecule has 1 aliphatic rings. The van der Waals surface area contributed by atoms with E-state index in [0.717, 1.165) is 45.7 Å². The Bertz CT molecular complexity index is 383. The predicted molar refractivity (Wildman–Crippen MR) is 69.0 cm³/mol. The number of carboxylic acid groups (broad SMARTS) is 1. The molecule has 4 nitrogen and oxygen atoms in total. The van der Waals surface area contributed by atoms with Gasteiger partial charge in [-0.1, -0.05) is 12.1 Å². The number of benzene rings is 1. The molecule has 1 aromatic carbocycles. The molecule has 0 spiro atoms. The van der Waals surface area contributed by atoms with E-state index in [2.05, 4.69) is 4.90 Å². The molecule has 1 aromatic rings. The molecule has 1 saturated heterocycles. The van der Waals surface area contributed by atoms with E-state index in [-0.39, 0.29) is 0 Å². The third-order valence-electron chi connectivity index (χ3n) is 3.24. The summed E-state index contributed by atoms with van der Waals surface area (Å²) in [6.45, 7) is 4.82. The second-order valence-corrected chi connectivity index (χ2v) is 4.56. The lowest BCUT2D eigenvalue weighted by Crippen LogP contribution is -2.36. The van der Waals surface area contributed by atoms with Gasteiger partial charge in [-0.2, -0.15) is 0 Å². The van der Waals surface area contributed by atoms with Gasteiger partial charge < -0.3 is 9.84 Å². The highest BCUT2D eigenvalue weighted by Gasteiger charge is 2.09. The summed E-state index contributed by atoms with van der Waals surface area (Å²) in [6, 6.07) is 7.16. The summed E-state index contributed by atoms with van der Waals surface area (Å²) in [6.07, 6.45) is 2.10. The van der Waals surface area contributed by atoms with Crippen molar-refractivity contribution in [2.45, 2.75) is 12.8 Å². The SMILES string of the molecule is O=C(O)c1ccc(CCCN2CCOCC2)cc1. The largest absolute Gasteiger partial charge is 0.478 e. The average Bonchev–Trinajstić information content (AvgIpc) is 2.40. The van der Waals surface area contributed by atoms with E-state index in [1.165, 1.54) is 5.56 Å². The topological polar surface area (TPSA) is 49.8 Å². The van der Waals surface area contributed by atoms with Gasteiger partial charge in [0, 0.05) is 13.1 Å². The maximum atomic E-state index is 10.7. The molecule has 98 valence electrons. The van der Waals surface area contributed by atoms with Gasteiger partial charge in [-0.15, -0.1) is 0 Å². The first-order chi connectivity index (χ1) is 8.75. The van der Waals surface area contributed by atoms with E-state index in [9.17, 15) is 4.79 Å². The van der Waals surface area contributed by atoms with E-state index in [1.807, 2.05) is 12.1 Å². The number of aryl methyl sites for hydroxylation is 1. The standard InChI is InChI=1S/C14H19NO3/c16-14(17)13-5-3-12(4-6-13)2-1-7-15-8-10-18-11-9-15/h3-6H,1-2,7-11H2,(H,16,17). The van der Waals surface area contributed by atoms with Gasteiger partial charge in [0.15, 0.2) is 0 Å². The van der Waals surface area contributed by atoms with Crippen LogP contribution in [0.5, 0.6) is 0 Å². The molecule has 0 bridgehead atoms. The highest BCUT2D eigenvalue weighted by molar-refractivity contribution is 5.87. The monoisotopic (exact) mass is 249 g/mol. The molecule has 1 heterocycles. The van der Waals surface area contributed by atoms with Crippen LogP contribution in [0.3, 0.4) is 0 Å². The molecule has 18 heavy (non-hydrogen) atoms. The minimum Gasteiger partial charge on any atom is -0.478 e. The first-order valence-corrected chi connectivity index (χ1v) is 6.38. The number of rotatable bonds is 5. The summed E-state index contributed by atoms with van der Waals surface area (Å²) >= 11 is 0. The molecular weight excluding hydrogens is 230 g/mol. The maximum Gasteiger partial charge on any atom is 0.335 e. The van der Waals surface area contributed by atoms with Crippen LogP contribution in [0, 0.1) is 0 Å². The minimum absolute atomic E-state index is 0.354. The summed E-state index contributed by atoms with van der Waals surface area (Å²) in [5.41, 5.74) is 1.56. The van der Waals surface area contributed by atoms with Crippen molar-refractivity contribution in [3.8, 4) is 0 Å². The molecule has 0 saturated carbocycles. The Kier molecular flexibility index (Phi) is 4.73. The van der Waals surface area contributed by atoms with Crippen LogP contribution in [0.1, 0.15) is 22.3 Å². The van der Waals surface area contributed by atoms with Gasteiger partial charge in [0.25, 0.3) is 0 Å². The van der Waals surface area contributed by atoms with E-state index >= 15 is 0 Å². The van der Waals surface area contributed by atoms with Crippen molar-refractivity contribution in [2.24, 2.45) is 0 Å². The van der Waals surface area contributed by atoms with Gasteiger partial charge in [-0.05, 0) is 37.1 Å². The van der Waals surface area contributed by atoms with Gasteiger partial charge in [0.1, 0.15) is 0 Å². The average molecular weight is 249 g/mol. The quantitative estimate of drug-likeness (QED) is 0.862. The van der Waals surface area contributed by atoms with Gasteiger partial charge in [-0.3, -0.25) is 4.90 Å². The summed E-state index contributed by atoms with van der Waals surface area (Å²) in [5, 5.41) is 8.80. The molecule has 0 aromatic heterocycles. The smallest absolute Gasteiger partial charge is 0.335 e. The van der Waals surface area contributed by atoms with Gasteiger partial charge in [0.2, 0.25) is 0 Å². The molecule has 1 fully saturated rings. The van der Waals surface area contributed by atoms with Gasteiger partial charge in [0.05, 0.1) is 18.8 Å². The molecule has 4 heteroatoms. The fraction of sp³-hybridized carbons (Fsp3) is 0.500. The Morgan fingerprint density at radius 3 is 2.50 bits per heavy atom. The lowest BCUT2D eigenvalue weighted by molar-refractivity contribution is 0.0374. The van der Waals surface area contributed by atoms with Gasteiger partial charge >= 0.3 is 5.97 Å². The number of morpholine rings is 1. The zero-order chi connectivity index (χ0) is 12.8. The predicted octanol–water partition coefficient (Wildman–Crippen LogP) is 1.65. The van der Waals surface area contributed by atoms with Gasteiger partial charge in [-0.25, -0.2) is 4.79 Å². The van der Waals surface area contributed by atoms with Crippen LogP contribution in [0.25, 0.3) is 0 Å². The molecule has 1 N–H and O–H groups in total. The Labute approximate surface area is 107 Å². The van der Waals surface area contributed by atoms with E-state index in [1.54, 1.807) is 12.1 Å². The van der Waals surface area contributed by atoms with Crippen LogP contribution in [0.4, 0.5) is 0 Å². The fourth-order valence-corrected chi connectivity index (χ4v) is 2.15. The highest BCUT2D eigenvalue weighted by atomic mass is 16.5. The highest BCUT2D eigenvalue weighted by Crippen LogP contribution is 2.08. The van der Waals surface area contributed by atoms with Crippen molar-refractivity contribution in [1.82, 2.24) is 4.90 Å². The normalized spacial score (nSPS) is 16.7. The molecule has 0 atom stereocenters. The molecular formula is C14H19NO3. The first kappa shape index (κ1) is 13.1. The van der Waals surface area contributed by atoms with Crippen molar-refractivity contribution < 1.29 is 14.6 Å².